The molecular weight excluding hydrogens is 234 g/mol. The van der Waals surface area contributed by atoms with E-state index in [1.54, 1.807) is 0 Å². The zero-order valence-electron chi connectivity index (χ0n) is 12.3. The van der Waals surface area contributed by atoms with Crippen LogP contribution in [0.3, 0.4) is 0 Å². The Balaban J connectivity index is 1.76. The van der Waals surface area contributed by atoms with E-state index in [0.717, 1.165) is 32.7 Å². The van der Waals surface area contributed by atoms with Crippen LogP contribution < -0.4 is 10.6 Å². The fourth-order valence-electron chi connectivity index (χ4n) is 2.76. The quantitative estimate of drug-likeness (QED) is 0.704. The maximum atomic E-state index is 3.57. The molecule has 0 saturated carbocycles. The van der Waals surface area contributed by atoms with E-state index < -0.39 is 0 Å². The molecule has 1 heterocycles. The zero-order chi connectivity index (χ0) is 13.5. The summed E-state index contributed by atoms with van der Waals surface area (Å²) in [5, 5.41) is 7.07. The van der Waals surface area contributed by atoms with Crippen molar-refractivity contribution in [3.63, 3.8) is 0 Å². The number of fused-ring (bicyclic) bond motifs is 1. The molecule has 1 aromatic rings. The molecule has 2 rings (SSSR count). The highest BCUT2D eigenvalue weighted by molar-refractivity contribution is 5.61. The van der Waals surface area contributed by atoms with Crippen LogP contribution in [0.5, 0.6) is 0 Å². The Morgan fingerprint density at radius 2 is 2.16 bits per heavy atom. The molecule has 0 aliphatic carbocycles. The van der Waals surface area contributed by atoms with Crippen molar-refractivity contribution in [3.8, 4) is 0 Å². The fraction of sp³-hybridized carbons (Fsp3) is 0.625. The summed E-state index contributed by atoms with van der Waals surface area (Å²) in [5.74, 6) is 0. The normalized spacial score (nSPS) is 13.6. The summed E-state index contributed by atoms with van der Waals surface area (Å²) >= 11 is 0. The highest BCUT2D eigenvalue weighted by Gasteiger charge is 2.12. The fourth-order valence-corrected chi connectivity index (χ4v) is 2.76. The van der Waals surface area contributed by atoms with Crippen molar-refractivity contribution < 1.29 is 0 Å². The van der Waals surface area contributed by atoms with Crippen LogP contribution in [0, 0.1) is 0 Å². The summed E-state index contributed by atoms with van der Waals surface area (Å²) in [6.45, 7) is 11.1. The van der Waals surface area contributed by atoms with Crippen molar-refractivity contribution in [3.05, 3.63) is 29.3 Å². The minimum atomic E-state index is 0.972. The number of para-hydroxylation sites is 1. The predicted octanol–water partition coefficient (Wildman–Crippen LogP) is 2.48. The van der Waals surface area contributed by atoms with Crippen LogP contribution in [0.2, 0.25) is 0 Å². The molecule has 19 heavy (non-hydrogen) atoms. The standard InChI is InChI=1S/C16H27N3/c1-3-11-19(4-2)12-10-17-13-15-7-5-6-14-8-9-18-16(14)15/h5-7,17-18H,3-4,8-13H2,1-2H3. The SMILES string of the molecule is CCCN(CC)CCNCc1cccc2c1NCC2. The van der Waals surface area contributed by atoms with Crippen LogP contribution in [0.25, 0.3) is 0 Å². The molecule has 0 aromatic heterocycles. The summed E-state index contributed by atoms with van der Waals surface area (Å²) in [4.78, 5) is 2.50. The zero-order valence-corrected chi connectivity index (χ0v) is 12.3. The van der Waals surface area contributed by atoms with Crippen molar-refractivity contribution in [2.75, 3.05) is 38.0 Å². The lowest BCUT2D eigenvalue weighted by Crippen LogP contribution is -2.32. The number of anilines is 1. The minimum Gasteiger partial charge on any atom is -0.384 e. The Hall–Kier alpha value is -1.06. The third kappa shape index (κ3) is 3.95. The molecule has 0 unspecified atom stereocenters. The molecule has 1 aliphatic rings. The van der Waals surface area contributed by atoms with E-state index in [1.807, 2.05) is 0 Å². The lowest BCUT2D eigenvalue weighted by Gasteiger charge is -2.19. The van der Waals surface area contributed by atoms with Crippen molar-refractivity contribution in [2.45, 2.75) is 33.2 Å². The molecular formula is C16H27N3. The first kappa shape index (κ1) is 14.4. The van der Waals surface area contributed by atoms with E-state index in [0.29, 0.717) is 0 Å². The number of nitrogens with one attached hydrogen (secondary N) is 2. The maximum absolute atomic E-state index is 3.57. The molecule has 0 radical (unpaired) electrons. The second-order valence-electron chi connectivity index (χ2n) is 5.24. The van der Waals surface area contributed by atoms with Gasteiger partial charge < -0.3 is 15.5 Å². The summed E-state index contributed by atoms with van der Waals surface area (Å²) in [5.41, 5.74) is 4.25. The summed E-state index contributed by atoms with van der Waals surface area (Å²) < 4.78 is 0. The molecule has 0 atom stereocenters. The number of hydrogen-bond donors (Lipinski definition) is 2. The number of benzene rings is 1. The van der Waals surface area contributed by atoms with Gasteiger partial charge in [-0.1, -0.05) is 32.0 Å². The minimum absolute atomic E-state index is 0.972. The smallest absolute Gasteiger partial charge is 0.0419 e. The van der Waals surface area contributed by atoms with Gasteiger partial charge >= 0.3 is 0 Å². The molecule has 2 N–H and O–H groups in total. The van der Waals surface area contributed by atoms with Crippen molar-refractivity contribution in [1.29, 1.82) is 0 Å². The van der Waals surface area contributed by atoms with E-state index in [2.05, 4.69) is 47.6 Å². The van der Waals surface area contributed by atoms with Crippen LogP contribution >= 0.6 is 0 Å². The highest BCUT2D eigenvalue weighted by Crippen LogP contribution is 2.25. The molecule has 1 aromatic carbocycles. The Bertz CT molecular complexity index is 390. The monoisotopic (exact) mass is 261 g/mol. The van der Waals surface area contributed by atoms with E-state index in [1.165, 1.54) is 36.2 Å². The predicted molar refractivity (Wildman–Crippen MR) is 82.7 cm³/mol. The molecule has 0 bridgehead atoms. The Labute approximate surface area is 117 Å². The lowest BCUT2D eigenvalue weighted by atomic mass is 10.1. The number of likely N-dealkylation sites (N-methyl/N-ethyl adjacent to an activating group) is 1. The van der Waals surface area contributed by atoms with Crippen molar-refractivity contribution in [2.24, 2.45) is 0 Å². The molecule has 3 heteroatoms. The molecule has 0 fully saturated rings. The van der Waals surface area contributed by atoms with Gasteiger partial charge in [0.05, 0.1) is 0 Å². The highest BCUT2D eigenvalue weighted by atomic mass is 15.1. The van der Waals surface area contributed by atoms with E-state index >= 15 is 0 Å². The number of rotatable bonds is 8. The molecule has 106 valence electrons. The van der Waals surface area contributed by atoms with Crippen molar-refractivity contribution >= 4 is 5.69 Å². The van der Waals surface area contributed by atoms with Crippen molar-refractivity contribution in [1.82, 2.24) is 10.2 Å². The average molecular weight is 261 g/mol. The van der Waals surface area contributed by atoms with Crippen LogP contribution in [0.1, 0.15) is 31.4 Å². The van der Waals surface area contributed by atoms with Crippen LogP contribution in [-0.4, -0.2) is 37.6 Å². The molecule has 0 amide bonds. The van der Waals surface area contributed by atoms with Gasteiger partial charge in [-0.25, -0.2) is 0 Å². The van der Waals surface area contributed by atoms with Crippen LogP contribution in [0.15, 0.2) is 18.2 Å². The Morgan fingerprint density at radius 1 is 1.26 bits per heavy atom. The van der Waals surface area contributed by atoms with Crippen LogP contribution in [-0.2, 0) is 13.0 Å². The van der Waals surface area contributed by atoms with Gasteiger partial charge in [-0.2, -0.15) is 0 Å². The number of nitrogens with zero attached hydrogens (tertiary/aromatic N) is 1. The lowest BCUT2D eigenvalue weighted by molar-refractivity contribution is 0.287. The Kier molecular flexibility index (Phi) is 5.67. The molecule has 1 aliphatic heterocycles. The summed E-state index contributed by atoms with van der Waals surface area (Å²) in [6.07, 6.45) is 2.41. The van der Waals surface area contributed by atoms with Gasteiger partial charge in [-0.15, -0.1) is 0 Å². The molecule has 3 nitrogen and oxygen atoms in total. The Morgan fingerprint density at radius 3 is 2.95 bits per heavy atom. The largest absolute Gasteiger partial charge is 0.384 e. The first-order valence-corrected chi connectivity index (χ1v) is 7.62. The van der Waals surface area contributed by atoms with E-state index in [9.17, 15) is 0 Å². The molecule has 0 spiro atoms. The van der Waals surface area contributed by atoms with Gasteiger partial charge in [0.25, 0.3) is 0 Å². The van der Waals surface area contributed by atoms with Gasteiger partial charge in [-0.05, 0) is 37.1 Å². The second-order valence-corrected chi connectivity index (χ2v) is 5.24. The first-order valence-electron chi connectivity index (χ1n) is 7.62. The topological polar surface area (TPSA) is 27.3 Å². The van der Waals surface area contributed by atoms with Gasteiger partial charge in [0.15, 0.2) is 0 Å². The van der Waals surface area contributed by atoms with E-state index in [-0.39, 0.29) is 0 Å². The summed E-state index contributed by atoms with van der Waals surface area (Å²) in [7, 11) is 0. The van der Waals surface area contributed by atoms with Gasteiger partial charge in [0.2, 0.25) is 0 Å². The van der Waals surface area contributed by atoms with Crippen LogP contribution in [0.4, 0.5) is 5.69 Å². The van der Waals surface area contributed by atoms with Gasteiger partial charge in [0, 0.05) is 31.9 Å². The summed E-state index contributed by atoms with van der Waals surface area (Å²) in [6, 6.07) is 6.64. The average Bonchev–Trinajstić information content (AvgIpc) is 2.91. The van der Waals surface area contributed by atoms with Gasteiger partial charge in [-0.3, -0.25) is 0 Å². The number of hydrogen-bond acceptors (Lipinski definition) is 3. The van der Waals surface area contributed by atoms with E-state index in [4.69, 9.17) is 0 Å². The van der Waals surface area contributed by atoms with Gasteiger partial charge in [0.1, 0.15) is 0 Å². The maximum Gasteiger partial charge on any atom is 0.0419 e. The second kappa shape index (κ2) is 7.51. The third-order valence-corrected chi connectivity index (χ3v) is 3.84. The first-order chi connectivity index (χ1) is 9.35. The third-order valence-electron chi connectivity index (χ3n) is 3.84. The molecule has 0 saturated heterocycles.